The standard InChI is InChI=1S/C31H28FN5O2S2/c1-20-5-7-22(8-6-20)19-37-30(39)26(41-31(37)40)18-25-28(33-27-21(2)4-3-13-36(27)29(25)38)35-16-14-34(15-17-35)24-11-9-23(32)10-12-24/h3-13,18H,14-17,19H2,1-2H3. The Kier molecular flexibility index (Phi) is 7.35. The highest BCUT2D eigenvalue weighted by atomic mass is 32.2. The lowest BCUT2D eigenvalue weighted by Crippen LogP contribution is -2.47. The fraction of sp³-hybridized carbons (Fsp3) is 0.226. The fourth-order valence-electron chi connectivity index (χ4n) is 5.14. The Morgan fingerprint density at radius 2 is 1.63 bits per heavy atom. The molecule has 6 rings (SSSR count). The third kappa shape index (κ3) is 5.37. The lowest BCUT2D eigenvalue weighted by molar-refractivity contribution is -0.122. The normalized spacial score (nSPS) is 16.9. The topological polar surface area (TPSA) is 61.2 Å². The van der Waals surface area contributed by atoms with Gasteiger partial charge in [-0.1, -0.05) is 59.9 Å². The van der Waals surface area contributed by atoms with Crippen LogP contribution in [-0.4, -0.2) is 50.7 Å². The molecule has 7 nitrogen and oxygen atoms in total. The molecule has 0 aliphatic carbocycles. The first-order chi connectivity index (χ1) is 19.8. The zero-order chi connectivity index (χ0) is 28.7. The van der Waals surface area contributed by atoms with Crippen molar-refractivity contribution in [1.82, 2.24) is 14.3 Å². The van der Waals surface area contributed by atoms with Gasteiger partial charge >= 0.3 is 0 Å². The van der Waals surface area contributed by atoms with Gasteiger partial charge < -0.3 is 9.80 Å². The molecule has 4 heterocycles. The molecule has 2 fully saturated rings. The van der Waals surface area contributed by atoms with Gasteiger partial charge in [0.25, 0.3) is 11.5 Å². The summed E-state index contributed by atoms with van der Waals surface area (Å²) >= 11 is 6.78. The minimum Gasteiger partial charge on any atom is -0.368 e. The Bertz CT molecular complexity index is 1740. The van der Waals surface area contributed by atoms with E-state index in [0.29, 0.717) is 59.0 Å². The molecule has 0 spiro atoms. The maximum atomic E-state index is 13.9. The number of piperazine rings is 1. The zero-order valence-corrected chi connectivity index (χ0v) is 24.3. The van der Waals surface area contributed by atoms with Gasteiger partial charge in [-0.2, -0.15) is 0 Å². The number of thiocarbonyl (C=S) groups is 1. The maximum Gasteiger partial charge on any atom is 0.267 e. The highest BCUT2D eigenvalue weighted by molar-refractivity contribution is 8.26. The number of benzene rings is 2. The molecule has 2 aliphatic heterocycles. The lowest BCUT2D eigenvalue weighted by Gasteiger charge is -2.37. The number of pyridine rings is 1. The van der Waals surface area contributed by atoms with Crippen LogP contribution in [0.1, 0.15) is 22.3 Å². The van der Waals surface area contributed by atoms with E-state index in [4.69, 9.17) is 17.2 Å². The zero-order valence-electron chi connectivity index (χ0n) is 22.7. The second-order valence-corrected chi connectivity index (χ2v) is 11.9. The Balaban J connectivity index is 1.34. The van der Waals surface area contributed by atoms with Gasteiger partial charge in [0, 0.05) is 38.1 Å². The second kappa shape index (κ2) is 11.1. The molecule has 10 heteroatoms. The van der Waals surface area contributed by atoms with Crippen LogP contribution in [0.15, 0.2) is 76.6 Å². The minimum atomic E-state index is -0.266. The SMILES string of the molecule is Cc1ccc(CN2C(=O)C(=Cc3c(N4CCN(c5ccc(F)cc5)CC4)nc4c(C)cccn4c3=O)SC2=S)cc1. The van der Waals surface area contributed by atoms with Crippen LogP contribution in [0.25, 0.3) is 11.7 Å². The van der Waals surface area contributed by atoms with E-state index in [-0.39, 0.29) is 17.3 Å². The first-order valence-corrected chi connectivity index (χ1v) is 14.6. The quantitative estimate of drug-likeness (QED) is 0.236. The summed E-state index contributed by atoms with van der Waals surface area (Å²) in [5, 5.41) is 0. The number of thioether (sulfide) groups is 1. The Morgan fingerprint density at radius 3 is 2.34 bits per heavy atom. The smallest absolute Gasteiger partial charge is 0.267 e. The fourth-order valence-corrected chi connectivity index (χ4v) is 6.38. The first-order valence-electron chi connectivity index (χ1n) is 13.4. The van der Waals surface area contributed by atoms with Crippen LogP contribution in [0, 0.1) is 19.7 Å². The number of hydrogen-bond donors (Lipinski definition) is 0. The maximum absolute atomic E-state index is 13.9. The Labute approximate surface area is 246 Å². The van der Waals surface area contributed by atoms with Crippen molar-refractivity contribution in [3.05, 3.63) is 110 Å². The molecule has 1 amide bonds. The molecule has 2 aromatic heterocycles. The van der Waals surface area contributed by atoms with Crippen molar-refractivity contribution in [2.75, 3.05) is 36.0 Å². The summed E-state index contributed by atoms with van der Waals surface area (Å²) in [6, 6.07) is 18.2. The van der Waals surface area contributed by atoms with E-state index < -0.39 is 0 Å². The van der Waals surface area contributed by atoms with Crippen LogP contribution >= 0.6 is 24.0 Å². The molecule has 41 heavy (non-hydrogen) atoms. The number of hydrogen-bond acceptors (Lipinski definition) is 7. The number of aromatic nitrogens is 2. The van der Waals surface area contributed by atoms with E-state index >= 15 is 0 Å². The van der Waals surface area contributed by atoms with Gasteiger partial charge in [0.2, 0.25) is 0 Å². The Hall–Kier alpha value is -4.02. The van der Waals surface area contributed by atoms with Crippen LogP contribution in [0.4, 0.5) is 15.9 Å². The Morgan fingerprint density at radius 1 is 0.951 bits per heavy atom. The number of anilines is 2. The third-order valence-corrected chi connectivity index (χ3v) is 8.82. The average molecular weight is 586 g/mol. The van der Waals surface area contributed by atoms with Gasteiger partial charge in [0.1, 0.15) is 21.6 Å². The minimum absolute atomic E-state index is 0.221. The second-order valence-electron chi connectivity index (χ2n) is 10.2. The summed E-state index contributed by atoms with van der Waals surface area (Å²) < 4.78 is 15.4. The van der Waals surface area contributed by atoms with E-state index in [1.165, 1.54) is 28.3 Å². The lowest BCUT2D eigenvalue weighted by atomic mass is 10.1. The molecule has 2 saturated heterocycles. The predicted molar refractivity (Wildman–Crippen MR) is 167 cm³/mol. The highest BCUT2D eigenvalue weighted by Crippen LogP contribution is 2.35. The van der Waals surface area contributed by atoms with Crippen molar-refractivity contribution >= 4 is 57.4 Å². The molecule has 0 radical (unpaired) electrons. The van der Waals surface area contributed by atoms with Crippen LogP contribution in [0.3, 0.4) is 0 Å². The van der Waals surface area contributed by atoms with Crippen molar-refractivity contribution in [3.63, 3.8) is 0 Å². The van der Waals surface area contributed by atoms with Gasteiger partial charge in [-0.25, -0.2) is 9.37 Å². The van der Waals surface area contributed by atoms with Crippen molar-refractivity contribution in [1.29, 1.82) is 0 Å². The van der Waals surface area contributed by atoms with E-state index in [1.807, 2.05) is 50.2 Å². The third-order valence-electron chi connectivity index (χ3n) is 7.45. The molecule has 2 aliphatic rings. The number of amides is 1. The van der Waals surface area contributed by atoms with E-state index in [9.17, 15) is 14.0 Å². The van der Waals surface area contributed by atoms with Gasteiger partial charge in [0.15, 0.2) is 0 Å². The van der Waals surface area contributed by atoms with Crippen LogP contribution in [0.2, 0.25) is 0 Å². The molecule has 4 aromatic rings. The largest absolute Gasteiger partial charge is 0.368 e. The van der Waals surface area contributed by atoms with Crippen LogP contribution in [-0.2, 0) is 11.3 Å². The molecule has 0 bridgehead atoms. The molecule has 2 aromatic carbocycles. The number of halogens is 1. The molecule has 0 unspecified atom stereocenters. The summed E-state index contributed by atoms with van der Waals surface area (Å²) in [5.74, 6) is 0.0609. The van der Waals surface area contributed by atoms with Gasteiger partial charge in [-0.05, 0) is 61.4 Å². The van der Waals surface area contributed by atoms with Crippen molar-refractivity contribution in [3.8, 4) is 0 Å². The summed E-state index contributed by atoms with van der Waals surface area (Å²) in [7, 11) is 0. The molecule has 0 atom stereocenters. The molecular weight excluding hydrogens is 558 g/mol. The number of rotatable bonds is 5. The number of carbonyl (C=O) groups is 1. The van der Waals surface area contributed by atoms with Crippen molar-refractivity contribution in [2.24, 2.45) is 0 Å². The van der Waals surface area contributed by atoms with Crippen molar-refractivity contribution in [2.45, 2.75) is 20.4 Å². The first kappa shape index (κ1) is 27.2. The molecule has 0 N–H and O–H groups in total. The average Bonchev–Trinajstić information content (AvgIpc) is 3.24. The number of nitrogens with zero attached hydrogens (tertiary/aromatic N) is 5. The van der Waals surface area contributed by atoms with Gasteiger partial charge in [-0.15, -0.1) is 0 Å². The molecule has 208 valence electrons. The van der Waals surface area contributed by atoms with Gasteiger partial charge in [-0.3, -0.25) is 18.9 Å². The van der Waals surface area contributed by atoms with E-state index in [1.54, 1.807) is 29.3 Å². The summed E-state index contributed by atoms with van der Waals surface area (Å²) in [5.41, 5.74) is 4.66. The predicted octanol–water partition coefficient (Wildman–Crippen LogP) is 5.18. The summed E-state index contributed by atoms with van der Waals surface area (Å²) in [6.07, 6.45) is 3.36. The van der Waals surface area contributed by atoms with E-state index in [2.05, 4.69) is 9.80 Å². The highest BCUT2D eigenvalue weighted by Gasteiger charge is 2.33. The number of carbonyl (C=O) groups excluding carboxylic acids is 1. The molecule has 0 saturated carbocycles. The van der Waals surface area contributed by atoms with Crippen LogP contribution in [0.5, 0.6) is 0 Å². The van der Waals surface area contributed by atoms with Gasteiger partial charge in [0.05, 0.1) is 17.0 Å². The van der Waals surface area contributed by atoms with E-state index in [0.717, 1.165) is 22.4 Å². The van der Waals surface area contributed by atoms with Crippen LogP contribution < -0.4 is 15.4 Å². The summed E-state index contributed by atoms with van der Waals surface area (Å²) in [6.45, 7) is 6.89. The summed E-state index contributed by atoms with van der Waals surface area (Å²) in [4.78, 5) is 38.6. The number of fused-ring (bicyclic) bond motifs is 1. The monoisotopic (exact) mass is 585 g/mol. The van der Waals surface area contributed by atoms with Crippen molar-refractivity contribution < 1.29 is 9.18 Å². The molecular formula is C31H28FN5O2S2. The number of aryl methyl sites for hydroxylation is 2.